The molecule has 0 aliphatic heterocycles. The summed E-state index contributed by atoms with van der Waals surface area (Å²) in [5.74, 6) is -1.47. The van der Waals surface area contributed by atoms with E-state index in [0.29, 0.717) is 5.56 Å². The number of rotatable bonds is 7. The highest BCUT2D eigenvalue weighted by atomic mass is 16.7. The molecule has 5 nitrogen and oxygen atoms in total. The lowest BCUT2D eigenvalue weighted by Gasteiger charge is -2.29. The average molecular weight is 330 g/mol. The van der Waals surface area contributed by atoms with Crippen molar-refractivity contribution in [1.29, 1.82) is 0 Å². The molecule has 2 aromatic carbocycles. The van der Waals surface area contributed by atoms with Crippen LogP contribution in [0, 0.1) is 6.92 Å². The Balaban J connectivity index is 2.36. The Morgan fingerprint density at radius 2 is 1.58 bits per heavy atom. The van der Waals surface area contributed by atoms with Gasteiger partial charge in [0.05, 0.1) is 7.11 Å². The van der Waals surface area contributed by atoms with Gasteiger partial charge in [0, 0.05) is 19.8 Å². The number of para-hydroxylation sites is 1. The molecule has 5 heteroatoms. The van der Waals surface area contributed by atoms with Crippen molar-refractivity contribution in [2.75, 3.05) is 21.3 Å². The van der Waals surface area contributed by atoms with Crippen molar-refractivity contribution in [2.45, 2.75) is 19.3 Å². The first-order chi connectivity index (χ1) is 11.6. The van der Waals surface area contributed by atoms with E-state index >= 15 is 0 Å². The van der Waals surface area contributed by atoms with Gasteiger partial charge in [-0.05, 0) is 24.1 Å². The van der Waals surface area contributed by atoms with Crippen LogP contribution in [0.2, 0.25) is 0 Å². The molecule has 24 heavy (non-hydrogen) atoms. The summed E-state index contributed by atoms with van der Waals surface area (Å²) in [6.45, 7) is 2.25. The van der Waals surface area contributed by atoms with Crippen LogP contribution in [-0.2, 0) is 31.4 Å². The zero-order valence-electron chi connectivity index (χ0n) is 14.4. The normalized spacial score (nSPS) is 11.2. The SMILES string of the molecule is COC(=O)C(OC)(OC)c1ccccc1COc1ccccc1C. The van der Waals surface area contributed by atoms with Crippen molar-refractivity contribution in [3.63, 3.8) is 0 Å². The molecule has 0 unspecified atom stereocenters. The summed E-state index contributed by atoms with van der Waals surface area (Å²) >= 11 is 0. The van der Waals surface area contributed by atoms with E-state index in [9.17, 15) is 4.79 Å². The highest BCUT2D eigenvalue weighted by Crippen LogP contribution is 2.31. The predicted octanol–water partition coefficient (Wildman–Crippen LogP) is 3.19. The summed E-state index contributed by atoms with van der Waals surface area (Å²) in [4.78, 5) is 12.3. The molecule has 128 valence electrons. The molecule has 0 saturated heterocycles. The molecule has 0 radical (unpaired) electrons. The number of methoxy groups -OCH3 is 3. The molecular weight excluding hydrogens is 308 g/mol. The molecular formula is C19H22O5. The van der Waals surface area contributed by atoms with E-state index < -0.39 is 11.8 Å². The molecule has 0 amide bonds. The Labute approximate surface area is 142 Å². The van der Waals surface area contributed by atoms with Crippen LogP contribution in [0.5, 0.6) is 5.75 Å². The fraction of sp³-hybridized carbons (Fsp3) is 0.316. The maximum absolute atomic E-state index is 12.3. The van der Waals surface area contributed by atoms with Crippen molar-refractivity contribution in [1.82, 2.24) is 0 Å². The molecule has 0 spiro atoms. The van der Waals surface area contributed by atoms with E-state index in [1.807, 2.05) is 49.4 Å². The number of carbonyl (C=O) groups excluding carboxylic acids is 1. The highest BCUT2D eigenvalue weighted by molar-refractivity contribution is 5.80. The van der Waals surface area contributed by atoms with Gasteiger partial charge in [-0.2, -0.15) is 0 Å². The molecule has 0 N–H and O–H groups in total. The second-order valence-electron chi connectivity index (χ2n) is 5.23. The van der Waals surface area contributed by atoms with Gasteiger partial charge < -0.3 is 18.9 Å². The molecule has 0 fully saturated rings. The van der Waals surface area contributed by atoms with Crippen LogP contribution in [-0.4, -0.2) is 27.3 Å². The molecule has 0 atom stereocenters. The molecule has 2 aromatic rings. The van der Waals surface area contributed by atoms with Crippen LogP contribution in [0.15, 0.2) is 48.5 Å². The third-order valence-corrected chi connectivity index (χ3v) is 3.88. The lowest BCUT2D eigenvalue weighted by atomic mass is 9.99. The Morgan fingerprint density at radius 3 is 2.21 bits per heavy atom. The molecule has 0 heterocycles. The average Bonchev–Trinajstić information content (AvgIpc) is 2.63. The minimum atomic E-state index is -1.62. The third-order valence-electron chi connectivity index (χ3n) is 3.88. The first-order valence-corrected chi connectivity index (χ1v) is 7.54. The second-order valence-corrected chi connectivity index (χ2v) is 5.23. The molecule has 2 rings (SSSR count). The van der Waals surface area contributed by atoms with Crippen LogP contribution in [0.3, 0.4) is 0 Å². The summed E-state index contributed by atoms with van der Waals surface area (Å²) in [6, 6.07) is 15.0. The lowest BCUT2D eigenvalue weighted by Crippen LogP contribution is -2.41. The zero-order chi connectivity index (χ0) is 17.6. The summed E-state index contributed by atoms with van der Waals surface area (Å²) < 4.78 is 21.5. The van der Waals surface area contributed by atoms with Crippen molar-refractivity contribution < 1.29 is 23.7 Å². The Kier molecular flexibility index (Phi) is 5.95. The number of esters is 1. The molecule has 0 bridgehead atoms. The van der Waals surface area contributed by atoms with Crippen molar-refractivity contribution in [3.05, 3.63) is 65.2 Å². The van der Waals surface area contributed by atoms with E-state index in [-0.39, 0.29) is 6.61 Å². The van der Waals surface area contributed by atoms with E-state index in [1.165, 1.54) is 21.3 Å². The number of aryl methyl sites for hydroxylation is 1. The molecule has 0 saturated carbocycles. The number of hydrogen-bond acceptors (Lipinski definition) is 5. The van der Waals surface area contributed by atoms with E-state index in [0.717, 1.165) is 16.9 Å². The van der Waals surface area contributed by atoms with Crippen molar-refractivity contribution in [2.24, 2.45) is 0 Å². The number of hydrogen-bond donors (Lipinski definition) is 0. The summed E-state index contributed by atoms with van der Waals surface area (Å²) in [5, 5.41) is 0. The Morgan fingerprint density at radius 1 is 0.958 bits per heavy atom. The third kappa shape index (κ3) is 3.42. The van der Waals surface area contributed by atoms with Gasteiger partial charge in [0.25, 0.3) is 5.79 Å². The second kappa shape index (κ2) is 7.95. The van der Waals surface area contributed by atoms with Crippen LogP contribution in [0.4, 0.5) is 0 Å². The number of ether oxygens (including phenoxy) is 4. The Hall–Kier alpha value is -2.37. The highest BCUT2D eigenvalue weighted by Gasteiger charge is 2.44. The first kappa shape index (κ1) is 18.0. The van der Waals surface area contributed by atoms with Crippen molar-refractivity contribution in [3.8, 4) is 5.75 Å². The van der Waals surface area contributed by atoms with Gasteiger partial charge in [0.15, 0.2) is 0 Å². The summed E-state index contributed by atoms with van der Waals surface area (Å²) in [6.07, 6.45) is 0. The smallest absolute Gasteiger partial charge is 0.371 e. The number of carbonyl (C=O) groups is 1. The number of benzene rings is 2. The van der Waals surface area contributed by atoms with Gasteiger partial charge in [0.2, 0.25) is 0 Å². The van der Waals surface area contributed by atoms with Gasteiger partial charge in [-0.3, -0.25) is 0 Å². The van der Waals surface area contributed by atoms with Gasteiger partial charge >= 0.3 is 5.97 Å². The Bertz CT molecular complexity index is 692. The lowest BCUT2D eigenvalue weighted by molar-refractivity contribution is -0.234. The summed E-state index contributed by atoms with van der Waals surface area (Å²) in [7, 11) is 4.10. The van der Waals surface area contributed by atoms with Gasteiger partial charge in [-0.25, -0.2) is 4.79 Å². The fourth-order valence-electron chi connectivity index (χ4n) is 2.56. The van der Waals surface area contributed by atoms with E-state index in [4.69, 9.17) is 18.9 Å². The molecule has 0 aromatic heterocycles. The summed E-state index contributed by atoms with van der Waals surface area (Å²) in [5.41, 5.74) is 2.36. The van der Waals surface area contributed by atoms with Gasteiger partial charge in [-0.15, -0.1) is 0 Å². The van der Waals surface area contributed by atoms with Gasteiger partial charge in [-0.1, -0.05) is 42.5 Å². The monoisotopic (exact) mass is 330 g/mol. The van der Waals surface area contributed by atoms with E-state index in [2.05, 4.69) is 0 Å². The molecule has 0 aliphatic carbocycles. The fourth-order valence-corrected chi connectivity index (χ4v) is 2.56. The van der Waals surface area contributed by atoms with Crippen molar-refractivity contribution >= 4 is 5.97 Å². The van der Waals surface area contributed by atoms with Crippen LogP contribution in [0.25, 0.3) is 0 Å². The first-order valence-electron chi connectivity index (χ1n) is 7.54. The maximum Gasteiger partial charge on any atom is 0.371 e. The van der Waals surface area contributed by atoms with Crippen LogP contribution >= 0.6 is 0 Å². The van der Waals surface area contributed by atoms with E-state index in [1.54, 1.807) is 6.07 Å². The standard InChI is InChI=1S/C19H22O5/c1-14-9-5-8-12-17(14)24-13-15-10-6-7-11-16(15)19(22-3,23-4)18(20)21-2/h5-12H,13H2,1-4H3. The maximum atomic E-state index is 12.3. The quantitative estimate of drug-likeness (QED) is 0.576. The van der Waals surface area contributed by atoms with Crippen LogP contribution in [0.1, 0.15) is 16.7 Å². The van der Waals surface area contributed by atoms with Crippen LogP contribution < -0.4 is 4.74 Å². The zero-order valence-corrected chi connectivity index (χ0v) is 14.4. The minimum absolute atomic E-state index is 0.270. The van der Waals surface area contributed by atoms with Gasteiger partial charge in [0.1, 0.15) is 12.4 Å². The predicted molar refractivity (Wildman–Crippen MR) is 89.7 cm³/mol. The minimum Gasteiger partial charge on any atom is -0.489 e. The largest absolute Gasteiger partial charge is 0.489 e. The molecule has 0 aliphatic rings. The topological polar surface area (TPSA) is 54.0 Å².